The second-order valence-corrected chi connectivity index (χ2v) is 5.11. The number of nitrogens with zero attached hydrogens (tertiary/aromatic N) is 1. The number of thiocarbonyl (C=S) groups is 1. The lowest BCUT2D eigenvalue weighted by atomic mass is 10.1. The standard InChI is InChI=1S/C16H15F2N3O2S/c1-22-14-4-2-10(8-20-21-16(19)24)6-11(14)9-23-15-5-3-12(17)7-13(15)18/h2-8H,9H2,1H3,(H3,19,21,24). The quantitative estimate of drug-likeness (QED) is 0.476. The Morgan fingerprint density at radius 1 is 1.25 bits per heavy atom. The van der Waals surface area contributed by atoms with E-state index >= 15 is 0 Å². The van der Waals surface area contributed by atoms with Crippen LogP contribution in [-0.4, -0.2) is 18.4 Å². The van der Waals surface area contributed by atoms with Gasteiger partial charge in [0.25, 0.3) is 0 Å². The van der Waals surface area contributed by atoms with Crippen molar-refractivity contribution < 1.29 is 18.3 Å². The molecule has 0 atom stereocenters. The van der Waals surface area contributed by atoms with Crippen LogP contribution in [0.15, 0.2) is 41.5 Å². The maximum atomic E-state index is 13.6. The van der Waals surface area contributed by atoms with Crippen molar-refractivity contribution in [2.45, 2.75) is 6.61 Å². The molecule has 0 spiro atoms. The SMILES string of the molecule is COc1ccc(C=NNC(N)=S)cc1COc1ccc(F)cc1F. The number of nitrogens with one attached hydrogen (secondary N) is 1. The second-order valence-electron chi connectivity index (χ2n) is 4.67. The summed E-state index contributed by atoms with van der Waals surface area (Å²) in [4.78, 5) is 0. The van der Waals surface area contributed by atoms with E-state index in [9.17, 15) is 8.78 Å². The molecule has 0 saturated heterocycles. The van der Waals surface area contributed by atoms with Gasteiger partial charge in [0.05, 0.1) is 13.3 Å². The molecular formula is C16H15F2N3O2S. The van der Waals surface area contributed by atoms with Crippen molar-refractivity contribution >= 4 is 23.5 Å². The van der Waals surface area contributed by atoms with Crippen molar-refractivity contribution in [2.75, 3.05) is 7.11 Å². The summed E-state index contributed by atoms with van der Waals surface area (Å²) in [6.07, 6.45) is 1.51. The summed E-state index contributed by atoms with van der Waals surface area (Å²) in [6, 6.07) is 8.37. The van der Waals surface area contributed by atoms with Gasteiger partial charge in [-0.1, -0.05) is 0 Å². The first kappa shape index (κ1) is 17.6. The first-order valence-electron chi connectivity index (χ1n) is 6.83. The van der Waals surface area contributed by atoms with E-state index < -0.39 is 11.6 Å². The van der Waals surface area contributed by atoms with E-state index in [2.05, 4.69) is 22.7 Å². The third-order valence-corrected chi connectivity index (χ3v) is 3.06. The van der Waals surface area contributed by atoms with E-state index in [1.807, 2.05) is 0 Å². The third-order valence-electron chi connectivity index (χ3n) is 2.97. The highest BCUT2D eigenvalue weighted by Gasteiger charge is 2.08. The van der Waals surface area contributed by atoms with Crippen molar-refractivity contribution in [3.05, 3.63) is 59.2 Å². The van der Waals surface area contributed by atoms with Crippen LogP contribution in [0.25, 0.3) is 0 Å². The first-order chi connectivity index (χ1) is 11.5. The lowest BCUT2D eigenvalue weighted by molar-refractivity contribution is 0.282. The molecule has 0 saturated carbocycles. The fraction of sp³-hybridized carbons (Fsp3) is 0.125. The molecule has 0 aliphatic carbocycles. The van der Waals surface area contributed by atoms with E-state index in [0.717, 1.165) is 17.7 Å². The summed E-state index contributed by atoms with van der Waals surface area (Å²) in [5.41, 5.74) is 9.12. The van der Waals surface area contributed by atoms with Crippen LogP contribution in [0.5, 0.6) is 11.5 Å². The maximum absolute atomic E-state index is 13.6. The van der Waals surface area contributed by atoms with Crippen molar-refractivity contribution in [3.8, 4) is 11.5 Å². The zero-order valence-electron chi connectivity index (χ0n) is 12.8. The van der Waals surface area contributed by atoms with E-state index in [1.165, 1.54) is 19.4 Å². The molecular weight excluding hydrogens is 336 g/mol. The predicted molar refractivity (Wildman–Crippen MR) is 91.2 cm³/mol. The Labute approximate surface area is 143 Å². The van der Waals surface area contributed by atoms with Crippen LogP contribution in [0.1, 0.15) is 11.1 Å². The largest absolute Gasteiger partial charge is 0.496 e. The van der Waals surface area contributed by atoms with Gasteiger partial charge in [0.15, 0.2) is 16.7 Å². The normalized spacial score (nSPS) is 10.6. The van der Waals surface area contributed by atoms with Crippen LogP contribution in [0.2, 0.25) is 0 Å². The van der Waals surface area contributed by atoms with Gasteiger partial charge >= 0.3 is 0 Å². The van der Waals surface area contributed by atoms with E-state index in [-0.39, 0.29) is 17.5 Å². The zero-order valence-corrected chi connectivity index (χ0v) is 13.6. The number of benzene rings is 2. The van der Waals surface area contributed by atoms with Crippen LogP contribution in [0.3, 0.4) is 0 Å². The van der Waals surface area contributed by atoms with Crippen LogP contribution < -0.4 is 20.6 Å². The van der Waals surface area contributed by atoms with E-state index in [1.54, 1.807) is 18.2 Å². The molecule has 8 heteroatoms. The lowest BCUT2D eigenvalue weighted by Gasteiger charge is -2.11. The number of ether oxygens (including phenoxy) is 2. The molecule has 0 fully saturated rings. The number of halogens is 2. The molecule has 0 bridgehead atoms. The van der Waals surface area contributed by atoms with Crippen LogP contribution in [0, 0.1) is 11.6 Å². The van der Waals surface area contributed by atoms with Gasteiger partial charge in [-0.3, -0.25) is 5.43 Å². The number of nitrogens with two attached hydrogens (primary N) is 1. The lowest BCUT2D eigenvalue weighted by Crippen LogP contribution is -2.24. The molecule has 2 rings (SSSR count). The number of rotatable bonds is 6. The molecule has 126 valence electrons. The van der Waals surface area contributed by atoms with Crippen molar-refractivity contribution in [1.82, 2.24) is 5.43 Å². The minimum atomic E-state index is -0.771. The highest BCUT2D eigenvalue weighted by atomic mass is 32.1. The summed E-state index contributed by atoms with van der Waals surface area (Å²) in [5, 5.41) is 3.91. The maximum Gasteiger partial charge on any atom is 0.184 e. The summed E-state index contributed by atoms with van der Waals surface area (Å²) < 4.78 is 37.2. The Balaban J connectivity index is 2.15. The zero-order chi connectivity index (χ0) is 17.5. The van der Waals surface area contributed by atoms with Gasteiger partial charge in [0.1, 0.15) is 18.2 Å². The summed E-state index contributed by atoms with van der Waals surface area (Å²) in [7, 11) is 1.51. The average molecular weight is 351 g/mol. The molecule has 0 aromatic heterocycles. The highest BCUT2D eigenvalue weighted by Crippen LogP contribution is 2.23. The van der Waals surface area contributed by atoms with Gasteiger partial charge in [-0.25, -0.2) is 8.78 Å². The minimum Gasteiger partial charge on any atom is -0.496 e. The van der Waals surface area contributed by atoms with Gasteiger partial charge in [-0.15, -0.1) is 0 Å². The first-order valence-corrected chi connectivity index (χ1v) is 7.23. The molecule has 2 aromatic carbocycles. The molecule has 0 radical (unpaired) electrons. The Morgan fingerprint density at radius 2 is 2.00 bits per heavy atom. The number of hydrogen-bond acceptors (Lipinski definition) is 4. The monoisotopic (exact) mass is 351 g/mol. The Bertz CT molecular complexity index is 769. The van der Waals surface area contributed by atoms with Crippen LogP contribution >= 0.6 is 12.2 Å². The fourth-order valence-corrected chi connectivity index (χ4v) is 1.96. The molecule has 0 unspecified atom stereocenters. The summed E-state index contributed by atoms with van der Waals surface area (Å²) in [5.74, 6) is -0.919. The molecule has 2 aromatic rings. The molecule has 24 heavy (non-hydrogen) atoms. The van der Waals surface area contributed by atoms with E-state index in [0.29, 0.717) is 11.3 Å². The van der Waals surface area contributed by atoms with Crippen LogP contribution in [0.4, 0.5) is 8.78 Å². The minimum absolute atomic E-state index is 0.0378. The smallest absolute Gasteiger partial charge is 0.184 e. The highest BCUT2D eigenvalue weighted by molar-refractivity contribution is 7.80. The van der Waals surface area contributed by atoms with Crippen LogP contribution in [-0.2, 0) is 6.61 Å². The molecule has 0 aliphatic rings. The molecule has 3 N–H and O–H groups in total. The predicted octanol–water partition coefficient (Wildman–Crippen LogP) is 2.72. The molecule has 0 amide bonds. The third kappa shape index (κ3) is 4.88. The molecule has 5 nitrogen and oxygen atoms in total. The average Bonchev–Trinajstić information content (AvgIpc) is 2.54. The van der Waals surface area contributed by atoms with Gasteiger partial charge < -0.3 is 15.2 Å². The number of hydrogen-bond donors (Lipinski definition) is 2. The van der Waals surface area contributed by atoms with Crippen molar-refractivity contribution in [1.29, 1.82) is 0 Å². The van der Waals surface area contributed by atoms with Gasteiger partial charge in [-0.05, 0) is 48.1 Å². The van der Waals surface area contributed by atoms with Gasteiger partial charge in [-0.2, -0.15) is 5.10 Å². The number of hydrazone groups is 1. The summed E-state index contributed by atoms with van der Waals surface area (Å²) in [6.45, 7) is 0.0378. The topological polar surface area (TPSA) is 68.9 Å². The molecule has 0 aliphatic heterocycles. The van der Waals surface area contributed by atoms with E-state index in [4.69, 9.17) is 15.2 Å². The van der Waals surface area contributed by atoms with Crippen molar-refractivity contribution in [2.24, 2.45) is 10.8 Å². The fourth-order valence-electron chi connectivity index (χ4n) is 1.91. The Kier molecular flexibility index (Phi) is 6.02. The molecule has 0 heterocycles. The van der Waals surface area contributed by atoms with Crippen molar-refractivity contribution in [3.63, 3.8) is 0 Å². The Morgan fingerprint density at radius 3 is 2.67 bits per heavy atom. The number of methoxy groups -OCH3 is 1. The Hall–Kier alpha value is -2.74. The second kappa shape index (κ2) is 8.21. The van der Waals surface area contributed by atoms with Gasteiger partial charge in [0, 0.05) is 11.6 Å². The van der Waals surface area contributed by atoms with Gasteiger partial charge in [0.2, 0.25) is 0 Å². The summed E-state index contributed by atoms with van der Waals surface area (Å²) >= 11 is 4.64.